The normalized spacial score (nSPS) is 20.0. The second-order valence-corrected chi connectivity index (χ2v) is 11.4. The van der Waals surface area contributed by atoms with Crippen molar-refractivity contribution in [3.05, 3.63) is 81.1 Å². The van der Waals surface area contributed by atoms with Gasteiger partial charge in [0.1, 0.15) is 0 Å². The molecule has 0 saturated carbocycles. The third-order valence-electron chi connectivity index (χ3n) is 6.19. The van der Waals surface area contributed by atoms with Crippen molar-refractivity contribution in [1.29, 1.82) is 0 Å². The molecule has 168 valence electrons. The molecule has 5 nitrogen and oxygen atoms in total. The molecule has 0 spiro atoms. The van der Waals surface area contributed by atoms with Gasteiger partial charge in [0.25, 0.3) is 5.91 Å². The first-order valence-electron chi connectivity index (χ1n) is 10.9. The molecule has 0 bridgehead atoms. The highest BCUT2D eigenvalue weighted by Crippen LogP contribution is 2.46. The van der Waals surface area contributed by atoms with Crippen LogP contribution in [0.15, 0.2) is 75.5 Å². The fourth-order valence-corrected chi connectivity index (χ4v) is 6.02. The number of hydrogen-bond donors (Lipinski definition) is 2. The van der Waals surface area contributed by atoms with Crippen LogP contribution in [0, 0.1) is 5.41 Å². The number of nitrogens with one attached hydrogen (secondary N) is 2. The van der Waals surface area contributed by atoms with Crippen molar-refractivity contribution in [3.63, 3.8) is 0 Å². The molecule has 5 rings (SSSR count). The number of halogens is 1. The predicted molar refractivity (Wildman–Crippen MR) is 136 cm³/mol. The zero-order valence-electron chi connectivity index (χ0n) is 18.7. The molecule has 1 aromatic heterocycles. The summed E-state index contributed by atoms with van der Waals surface area (Å²) in [6.45, 7) is 6.14. The van der Waals surface area contributed by atoms with Gasteiger partial charge in [-0.15, -0.1) is 0 Å². The number of anilines is 1. The number of carbonyl (C=O) groups excluding carboxylic acids is 2. The summed E-state index contributed by atoms with van der Waals surface area (Å²) >= 11 is 4.90. The van der Waals surface area contributed by atoms with Crippen LogP contribution in [0.5, 0.6) is 0 Å². The molecule has 7 heteroatoms. The lowest BCUT2D eigenvalue weighted by Crippen LogP contribution is -2.39. The number of hydrogen-bond acceptors (Lipinski definition) is 5. The Morgan fingerprint density at radius 3 is 2.70 bits per heavy atom. The van der Waals surface area contributed by atoms with E-state index in [2.05, 4.69) is 45.4 Å². The van der Waals surface area contributed by atoms with Crippen molar-refractivity contribution in [2.45, 2.75) is 39.5 Å². The molecule has 1 aliphatic carbocycles. The van der Waals surface area contributed by atoms with E-state index in [9.17, 15) is 9.59 Å². The lowest BCUT2D eigenvalue weighted by Gasteiger charge is -2.39. The van der Waals surface area contributed by atoms with Crippen LogP contribution in [0.25, 0.3) is 10.2 Å². The number of thiazole rings is 1. The second-order valence-electron chi connectivity index (χ2n) is 9.43. The summed E-state index contributed by atoms with van der Waals surface area (Å²) in [6.07, 6.45) is 1.24. The zero-order valence-corrected chi connectivity index (χ0v) is 21.1. The predicted octanol–water partition coefficient (Wildman–Crippen LogP) is 6.30. The molecule has 2 aliphatic rings. The Bertz CT molecular complexity index is 1350. The van der Waals surface area contributed by atoms with Gasteiger partial charge < -0.3 is 5.32 Å². The summed E-state index contributed by atoms with van der Waals surface area (Å²) in [4.78, 5) is 31.6. The van der Waals surface area contributed by atoms with Gasteiger partial charge in [0.15, 0.2) is 10.9 Å². The van der Waals surface area contributed by atoms with Gasteiger partial charge in [-0.25, -0.2) is 4.98 Å². The fourth-order valence-electron chi connectivity index (χ4n) is 4.83. The van der Waals surface area contributed by atoms with E-state index in [-0.39, 0.29) is 17.1 Å². The van der Waals surface area contributed by atoms with Crippen LogP contribution in [0.1, 0.15) is 45.1 Å². The van der Waals surface area contributed by atoms with Crippen LogP contribution >= 0.6 is 27.3 Å². The summed E-state index contributed by atoms with van der Waals surface area (Å²) in [5, 5.41) is 6.95. The summed E-state index contributed by atoms with van der Waals surface area (Å²) in [6, 6.07) is 15.7. The minimum atomic E-state index is -0.408. The number of amides is 1. The molecule has 33 heavy (non-hydrogen) atoms. The number of nitrogens with zero attached hydrogens (tertiary/aromatic N) is 1. The lowest BCUT2D eigenvalue weighted by atomic mass is 9.68. The Morgan fingerprint density at radius 2 is 1.94 bits per heavy atom. The number of dihydropyridines is 1. The first-order valence-corrected chi connectivity index (χ1v) is 12.5. The molecule has 2 N–H and O–H groups in total. The van der Waals surface area contributed by atoms with Crippen LogP contribution in [0.4, 0.5) is 5.13 Å². The molecule has 3 aromatic rings. The van der Waals surface area contributed by atoms with Crippen molar-refractivity contribution in [1.82, 2.24) is 10.3 Å². The summed E-state index contributed by atoms with van der Waals surface area (Å²) in [5.74, 6) is -0.545. The first-order chi connectivity index (χ1) is 15.7. The molecule has 1 atom stereocenters. The number of benzene rings is 2. The standard InChI is InChI=1S/C26H24BrN3O2S/c1-14-21(24(32)30-25-29-17-11-16(27)9-10-20(17)33-25)22(15-7-5-4-6-8-15)23-18(28-14)12-26(2,3)13-19(23)31/h4-11,22,28H,12-13H2,1-3H3,(H,29,30,32)/t22-/m0/s1. The van der Waals surface area contributed by atoms with Crippen molar-refractivity contribution in [2.24, 2.45) is 5.41 Å². The highest BCUT2D eigenvalue weighted by molar-refractivity contribution is 9.10. The van der Waals surface area contributed by atoms with Gasteiger partial charge in [-0.1, -0.05) is 71.4 Å². The van der Waals surface area contributed by atoms with Gasteiger partial charge in [-0.05, 0) is 42.5 Å². The Kier molecular flexibility index (Phi) is 5.49. The van der Waals surface area contributed by atoms with E-state index in [0.717, 1.165) is 38.1 Å². The second kappa shape index (κ2) is 8.22. The number of allylic oxidation sites excluding steroid dienone is 3. The average molecular weight is 522 g/mol. The van der Waals surface area contributed by atoms with Gasteiger partial charge in [-0.2, -0.15) is 0 Å². The van der Waals surface area contributed by atoms with Crippen LogP contribution in [0.2, 0.25) is 0 Å². The maximum Gasteiger partial charge on any atom is 0.256 e. The van der Waals surface area contributed by atoms with E-state index < -0.39 is 5.92 Å². The summed E-state index contributed by atoms with van der Waals surface area (Å²) in [5.41, 5.74) is 4.64. The van der Waals surface area contributed by atoms with E-state index in [1.165, 1.54) is 11.3 Å². The van der Waals surface area contributed by atoms with Crippen LogP contribution in [0.3, 0.4) is 0 Å². The zero-order chi connectivity index (χ0) is 23.3. The van der Waals surface area contributed by atoms with Gasteiger partial charge in [-0.3, -0.25) is 14.9 Å². The van der Waals surface area contributed by atoms with Crippen molar-refractivity contribution < 1.29 is 9.59 Å². The van der Waals surface area contributed by atoms with Crippen molar-refractivity contribution in [2.75, 3.05) is 5.32 Å². The molecule has 1 aliphatic heterocycles. The fraction of sp³-hybridized carbons (Fsp3) is 0.269. The molecule has 2 heterocycles. The molecular formula is C26H24BrN3O2S. The van der Waals surface area contributed by atoms with Crippen LogP contribution in [-0.2, 0) is 9.59 Å². The molecule has 2 aromatic carbocycles. The van der Waals surface area contributed by atoms with Gasteiger partial charge in [0.2, 0.25) is 0 Å². The maximum atomic E-state index is 13.6. The van der Waals surface area contributed by atoms with E-state index in [4.69, 9.17) is 0 Å². The highest BCUT2D eigenvalue weighted by Gasteiger charge is 2.42. The van der Waals surface area contributed by atoms with E-state index >= 15 is 0 Å². The van der Waals surface area contributed by atoms with E-state index in [0.29, 0.717) is 22.7 Å². The summed E-state index contributed by atoms with van der Waals surface area (Å²) < 4.78 is 1.94. The van der Waals surface area contributed by atoms with E-state index in [1.807, 2.05) is 55.5 Å². The molecule has 0 radical (unpaired) electrons. The minimum absolute atomic E-state index is 0.102. The summed E-state index contributed by atoms with van der Waals surface area (Å²) in [7, 11) is 0. The largest absolute Gasteiger partial charge is 0.362 e. The highest BCUT2D eigenvalue weighted by atomic mass is 79.9. The third-order valence-corrected chi connectivity index (χ3v) is 7.63. The Balaban J connectivity index is 1.56. The quantitative estimate of drug-likeness (QED) is 0.424. The number of carbonyl (C=O) groups is 2. The Hall–Kier alpha value is -2.77. The molecule has 0 saturated heterocycles. The van der Waals surface area contributed by atoms with Gasteiger partial charge in [0.05, 0.1) is 10.2 Å². The maximum absolute atomic E-state index is 13.6. The molecule has 0 unspecified atom stereocenters. The van der Waals surface area contributed by atoms with Crippen LogP contribution in [-0.4, -0.2) is 16.7 Å². The van der Waals surface area contributed by atoms with Gasteiger partial charge in [0, 0.05) is 39.4 Å². The molecular weight excluding hydrogens is 498 g/mol. The number of rotatable bonds is 3. The van der Waals surface area contributed by atoms with Crippen molar-refractivity contribution >= 4 is 54.3 Å². The first kappa shape index (κ1) is 22.0. The third kappa shape index (κ3) is 4.15. The number of Topliss-reactive ketones (excluding diaryl/α,β-unsaturated/α-hetero) is 1. The number of ketones is 1. The van der Waals surface area contributed by atoms with Gasteiger partial charge >= 0.3 is 0 Å². The number of aromatic nitrogens is 1. The minimum Gasteiger partial charge on any atom is -0.362 e. The lowest BCUT2D eigenvalue weighted by molar-refractivity contribution is -0.118. The smallest absolute Gasteiger partial charge is 0.256 e. The molecule has 0 fully saturated rings. The Labute approximate surface area is 205 Å². The SMILES string of the molecule is CC1=C(C(=O)Nc2nc3cc(Br)ccc3s2)[C@H](c2ccccc2)C2=C(CC(C)(C)CC2=O)N1. The molecule has 1 amide bonds. The average Bonchev–Trinajstić information content (AvgIpc) is 3.13. The Morgan fingerprint density at radius 1 is 1.18 bits per heavy atom. The topological polar surface area (TPSA) is 71.1 Å². The van der Waals surface area contributed by atoms with E-state index in [1.54, 1.807) is 0 Å². The monoisotopic (exact) mass is 521 g/mol. The van der Waals surface area contributed by atoms with Crippen molar-refractivity contribution in [3.8, 4) is 0 Å². The number of fused-ring (bicyclic) bond motifs is 1. The van der Waals surface area contributed by atoms with Crippen LogP contribution < -0.4 is 10.6 Å².